The molecular weight excluding hydrogens is 190 g/mol. The fourth-order valence-electron chi connectivity index (χ4n) is 1.54. The molecule has 2 N–H and O–H groups in total. The molecular formula is C12H23NO2. The molecule has 15 heavy (non-hydrogen) atoms. The van der Waals surface area contributed by atoms with E-state index >= 15 is 0 Å². The summed E-state index contributed by atoms with van der Waals surface area (Å²) in [6.45, 7) is 8.02. The fourth-order valence-corrected chi connectivity index (χ4v) is 1.54. The van der Waals surface area contributed by atoms with Gasteiger partial charge in [0.25, 0.3) is 0 Å². The third-order valence-corrected chi connectivity index (χ3v) is 2.68. The summed E-state index contributed by atoms with van der Waals surface area (Å²) in [7, 11) is 0. The quantitative estimate of drug-likeness (QED) is 0.605. The van der Waals surface area contributed by atoms with Gasteiger partial charge in [0.2, 0.25) is 5.91 Å². The van der Waals surface area contributed by atoms with Crippen molar-refractivity contribution in [3.8, 4) is 0 Å². The van der Waals surface area contributed by atoms with Gasteiger partial charge >= 0.3 is 0 Å². The van der Waals surface area contributed by atoms with Gasteiger partial charge in [-0.2, -0.15) is 0 Å². The first-order valence-electron chi connectivity index (χ1n) is 5.71. The third kappa shape index (κ3) is 6.28. The lowest BCUT2D eigenvalue weighted by Crippen LogP contribution is -2.35. The maximum atomic E-state index is 11.2. The largest absolute Gasteiger partial charge is 0.391 e. The van der Waals surface area contributed by atoms with E-state index in [1.165, 1.54) is 0 Å². The fraction of sp³-hybridized carbons (Fsp3) is 0.750. The molecule has 0 fully saturated rings. The minimum atomic E-state index is -0.423. The third-order valence-electron chi connectivity index (χ3n) is 2.68. The number of nitrogens with one attached hydrogen (secondary N) is 1. The number of allylic oxidation sites excluding steroid dienone is 1. The monoisotopic (exact) mass is 213 g/mol. The summed E-state index contributed by atoms with van der Waals surface area (Å²) in [5.74, 6) is 0.268. The van der Waals surface area contributed by atoms with Gasteiger partial charge < -0.3 is 10.4 Å². The summed E-state index contributed by atoms with van der Waals surface area (Å²) in [6, 6.07) is 0. The number of carbonyl (C=O) groups is 1. The zero-order valence-corrected chi connectivity index (χ0v) is 9.83. The second kappa shape index (κ2) is 8.48. The zero-order chi connectivity index (χ0) is 11.7. The van der Waals surface area contributed by atoms with E-state index in [1.807, 2.05) is 0 Å². The molecule has 0 aromatic carbocycles. The van der Waals surface area contributed by atoms with Gasteiger partial charge in [-0.3, -0.25) is 4.79 Å². The lowest BCUT2D eigenvalue weighted by Gasteiger charge is -2.20. The van der Waals surface area contributed by atoms with Crippen molar-refractivity contribution in [2.75, 3.05) is 6.54 Å². The Hall–Kier alpha value is -0.830. The number of hydrogen-bond acceptors (Lipinski definition) is 2. The van der Waals surface area contributed by atoms with Crippen LogP contribution in [0.2, 0.25) is 0 Å². The number of rotatable bonds is 8. The highest BCUT2D eigenvalue weighted by Crippen LogP contribution is 2.12. The van der Waals surface area contributed by atoms with Crippen LogP contribution in [-0.2, 0) is 4.79 Å². The molecule has 0 radical (unpaired) electrons. The molecule has 0 aromatic rings. The Morgan fingerprint density at radius 3 is 2.53 bits per heavy atom. The Labute approximate surface area is 92.6 Å². The number of aliphatic hydroxyl groups excluding tert-OH is 1. The van der Waals surface area contributed by atoms with Crippen molar-refractivity contribution in [1.29, 1.82) is 0 Å². The Morgan fingerprint density at radius 1 is 1.47 bits per heavy atom. The average Bonchev–Trinajstić information content (AvgIpc) is 2.25. The molecule has 0 rings (SSSR count). The lowest BCUT2D eigenvalue weighted by atomic mass is 9.96. The summed E-state index contributed by atoms with van der Waals surface area (Å²) in [5.41, 5.74) is 0. The molecule has 0 saturated heterocycles. The van der Waals surface area contributed by atoms with Crippen LogP contribution in [0.5, 0.6) is 0 Å². The normalized spacial score (nSPS) is 12.5. The highest BCUT2D eigenvalue weighted by molar-refractivity contribution is 5.75. The molecule has 0 bridgehead atoms. The zero-order valence-electron chi connectivity index (χ0n) is 9.83. The Kier molecular flexibility index (Phi) is 8.01. The van der Waals surface area contributed by atoms with Gasteiger partial charge in [0.15, 0.2) is 0 Å². The number of amides is 1. The van der Waals surface area contributed by atoms with Crippen LogP contribution in [-0.4, -0.2) is 23.7 Å². The van der Waals surface area contributed by atoms with Crippen molar-refractivity contribution < 1.29 is 9.90 Å². The van der Waals surface area contributed by atoms with E-state index in [2.05, 4.69) is 25.7 Å². The van der Waals surface area contributed by atoms with Gasteiger partial charge in [0, 0.05) is 13.0 Å². The summed E-state index contributed by atoms with van der Waals surface area (Å²) in [6.07, 6.45) is 4.33. The SMILES string of the molecule is C=CCCC(=O)NCC(O)C(CC)CC. The average molecular weight is 213 g/mol. The van der Waals surface area contributed by atoms with Gasteiger partial charge in [-0.25, -0.2) is 0 Å². The Morgan fingerprint density at radius 2 is 2.07 bits per heavy atom. The van der Waals surface area contributed by atoms with Crippen molar-refractivity contribution in [3.63, 3.8) is 0 Å². The number of carbonyl (C=O) groups excluding carboxylic acids is 1. The summed E-state index contributed by atoms with van der Waals surface area (Å²) in [5, 5.41) is 12.5. The number of hydrogen-bond donors (Lipinski definition) is 2. The summed E-state index contributed by atoms with van der Waals surface area (Å²) < 4.78 is 0. The van der Waals surface area contributed by atoms with Crippen molar-refractivity contribution in [1.82, 2.24) is 5.32 Å². The molecule has 0 aliphatic carbocycles. The molecule has 3 heteroatoms. The first-order chi connectivity index (χ1) is 7.15. The standard InChI is InChI=1S/C12H23NO2/c1-4-7-8-12(15)13-9-11(14)10(5-2)6-3/h4,10-11,14H,1,5-9H2,2-3H3,(H,13,15). The van der Waals surface area contributed by atoms with Crippen molar-refractivity contribution in [2.45, 2.75) is 45.6 Å². The topological polar surface area (TPSA) is 49.3 Å². The molecule has 1 amide bonds. The minimum Gasteiger partial charge on any atom is -0.391 e. The predicted molar refractivity (Wildman–Crippen MR) is 62.5 cm³/mol. The van der Waals surface area contributed by atoms with Crippen molar-refractivity contribution in [3.05, 3.63) is 12.7 Å². The van der Waals surface area contributed by atoms with Crippen LogP contribution in [0.3, 0.4) is 0 Å². The number of aliphatic hydroxyl groups is 1. The lowest BCUT2D eigenvalue weighted by molar-refractivity contribution is -0.121. The molecule has 0 aliphatic heterocycles. The van der Waals surface area contributed by atoms with Crippen LogP contribution in [0, 0.1) is 5.92 Å². The van der Waals surface area contributed by atoms with Gasteiger partial charge in [-0.05, 0) is 12.3 Å². The van der Waals surface area contributed by atoms with Gasteiger partial charge in [-0.1, -0.05) is 32.8 Å². The predicted octanol–water partition coefficient (Wildman–Crippen LogP) is 1.87. The molecule has 0 aliphatic rings. The molecule has 1 atom stereocenters. The smallest absolute Gasteiger partial charge is 0.220 e. The molecule has 3 nitrogen and oxygen atoms in total. The van der Waals surface area contributed by atoms with E-state index in [1.54, 1.807) is 6.08 Å². The van der Waals surface area contributed by atoms with Crippen LogP contribution >= 0.6 is 0 Å². The van der Waals surface area contributed by atoms with E-state index in [0.29, 0.717) is 19.4 Å². The van der Waals surface area contributed by atoms with Crippen LogP contribution in [0.1, 0.15) is 39.5 Å². The van der Waals surface area contributed by atoms with Crippen molar-refractivity contribution >= 4 is 5.91 Å². The second-order valence-electron chi connectivity index (χ2n) is 3.78. The molecule has 0 spiro atoms. The molecule has 0 saturated carbocycles. The van der Waals surface area contributed by atoms with Crippen LogP contribution < -0.4 is 5.32 Å². The minimum absolute atomic E-state index is 0.0140. The van der Waals surface area contributed by atoms with Crippen LogP contribution in [0.25, 0.3) is 0 Å². The van der Waals surface area contributed by atoms with Crippen LogP contribution in [0.4, 0.5) is 0 Å². The Balaban J connectivity index is 3.73. The first-order valence-corrected chi connectivity index (χ1v) is 5.71. The van der Waals surface area contributed by atoms with E-state index in [4.69, 9.17) is 0 Å². The van der Waals surface area contributed by atoms with Crippen molar-refractivity contribution in [2.24, 2.45) is 5.92 Å². The van der Waals surface area contributed by atoms with Crippen LogP contribution in [0.15, 0.2) is 12.7 Å². The summed E-state index contributed by atoms with van der Waals surface area (Å²) in [4.78, 5) is 11.2. The van der Waals surface area contributed by atoms with E-state index in [0.717, 1.165) is 12.8 Å². The van der Waals surface area contributed by atoms with Gasteiger partial charge in [0.05, 0.1) is 6.10 Å². The van der Waals surface area contributed by atoms with Gasteiger partial charge in [0.1, 0.15) is 0 Å². The molecule has 88 valence electrons. The second-order valence-corrected chi connectivity index (χ2v) is 3.78. The molecule has 1 unspecified atom stereocenters. The van der Waals surface area contributed by atoms with E-state index in [-0.39, 0.29) is 11.8 Å². The van der Waals surface area contributed by atoms with E-state index in [9.17, 15) is 9.90 Å². The van der Waals surface area contributed by atoms with Gasteiger partial charge in [-0.15, -0.1) is 6.58 Å². The highest BCUT2D eigenvalue weighted by atomic mass is 16.3. The Bertz CT molecular complexity index is 188. The molecule has 0 aromatic heterocycles. The maximum Gasteiger partial charge on any atom is 0.220 e. The maximum absolute atomic E-state index is 11.2. The van der Waals surface area contributed by atoms with E-state index < -0.39 is 6.10 Å². The first kappa shape index (κ1) is 14.2. The highest BCUT2D eigenvalue weighted by Gasteiger charge is 2.15. The molecule has 0 heterocycles. The summed E-state index contributed by atoms with van der Waals surface area (Å²) >= 11 is 0.